The summed E-state index contributed by atoms with van der Waals surface area (Å²) in [6, 6.07) is -1.24. The molecule has 0 atom stereocenters. The van der Waals surface area contributed by atoms with Crippen LogP contribution in [0, 0.1) is 0 Å². The van der Waals surface area contributed by atoms with Crippen molar-refractivity contribution in [3.8, 4) is 0 Å². The van der Waals surface area contributed by atoms with Gasteiger partial charge in [-0.1, -0.05) is 0 Å². The van der Waals surface area contributed by atoms with Crippen molar-refractivity contribution < 1.29 is 14.1 Å². The first kappa shape index (κ1) is 6.99. The minimum atomic E-state index is -1.24. The van der Waals surface area contributed by atoms with Crippen LogP contribution in [0.3, 0.4) is 0 Å². The molecule has 0 aliphatic rings. The van der Waals surface area contributed by atoms with Gasteiger partial charge in [0.05, 0.1) is 0 Å². The Balaban J connectivity index is 3.83. The summed E-state index contributed by atoms with van der Waals surface area (Å²) >= 11 is 0. The van der Waals surface area contributed by atoms with E-state index >= 15 is 0 Å². The third-order valence-corrected chi connectivity index (χ3v) is 0.424. The van der Waals surface area contributed by atoms with Gasteiger partial charge in [0.15, 0.2) is 0 Å². The molecule has 0 aromatic heterocycles. The van der Waals surface area contributed by atoms with Crippen molar-refractivity contribution in [1.82, 2.24) is 0 Å². The predicted molar refractivity (Wildman–Crippen MR) is 22.9 cm³/mol. The van der Waals surface area contributed by atoms with Crippen molar-refractivity contribution in [2.45, 2.75) is 0 Å². The lowest BCUT2D eigenvalue weighted by Crippen LogP contribution is -2.12. The highest BCUT2D eigenvalue weighted by Crippen LogP contribution is 1.96. The van der Waals surface area contributed by atoms with Gasteiger partial charge in [0.1, 0.15) is 0 Å². The Labute approximate surface area is 44.7 Å². The molecule has 8 heavy (non-hydrogen) atoms. The molecule has 0 heterocycles. The summed E-state index contributed by atoms with van der Waals surface area (Å²) < 4.78 is 11.7. The zero-order valence-corrected chi connectivity index (χ0v) is 3.93. The lowest BCUT2D eigenvalue weighted by Gasteiger charge is -1.96. The molecule has 0 spiro atoms. The summed E-state index contributed by atoms with van der Waals surface area (Å²) in [4.78, 5) is 7.17. The summed E-state index contributed by atoms with van der Waals surface area (Å²) in [5.74, 6) is 8.00. The molecule has 5 nitrogen and oxygen atoms in total. The number of hydrogen-bond acceptors (Lipinski definition) is 5. The normalized spacial score (nSPS) is 12.4. The first-order chi connectivity index (χ1) is 3.72. The molecule has 0 amide bonds. The Morgan fingerprint density at radius 2 is 1.75 bits per heavy atom. The van der Waals surface area contributed by atoms with E-state index in [1.807, 2.05) is 0 Å². The fourth-order valence-electron chi connectivity index (χ4n) is 0.104. The highest BCUT2D eigenvalue weighted by atomic mass is 19.1. The number of halogens is 1. The van der Waals surface area contributed by atoms with Gasteiger partial charge < -0.3 is 15.4 Å². The van der Waals surface area contributed by atoms with Crippen molar-refractivity contribution in [2.24, 2.45) is 17.5 Å². The molecular formula is C2H6FN3O2. The molecule has 0 saturated heterocycles. The topological polar surface area (TPSA) is 96.5 Å². The van der Waals surface area contributed by atoms with Crippen LogP contribution in [0.5, 0.6) is 0 Å². The van der Waals surface area contributed by atoms with Gasteiger partial charge in [0, 0.05) is 0 Å². The molecule has 0 fully saturated rings. The van der Waals surface area contributed by atoms with Gasteiger partial charge in [-0.05, 0) is 0 Å². The van der Waals surface area contributed by atoms with E-state index in [1.165, 1.54) is 0 Å². The molecule has 0 aromatic carbocycles. The van der Waals surface area contributed by atoms with Crippen LogP contribution in [0.25, 0.3) is 0 Å². The second-order valence-corrected chi connectivity index (χ2v) is 0.874. The number of hydrogen-bond donors (Lipinski definition) is 3. The minimum absolute atomic E-state index is 0.688. The maximum Gasteiger partial charge on any atom is 0.355 e. The van der Waals surface area contributed by atoms with Crippen LogP contribution in [0.2, 0.25) is 0 Å². The molecule has 0 unspecified atom stereocenters. The maximum absolute atomic E-state index is 11.7. The smallest absolute Gasteiger partial charge is 0.355 e. The molecule has 0 rings (SSSR count). The van der Waals surface area contributed by atoms with Gasteiger partial charge in [0.2, 0.25) is 0 Å². The number of rotatable bonds is 2. The van der Waals surface area contributed by atoms with Crippen LogP contribution in [-0.4, -0.2) is 0 Å². The lowest BCUT2D eigenvalue weighted by atomic mass is 10.9. The molecule has 6 N–H and O–H groups in total. The average molecular weight is 123 g/mol. The van der Waals surface area contributed by atoms with Crippen LogP contribution >= 0.6 is 0 Å². The molecule has 6 heteroatoms. The monoisotopic (exact) mass is 123 g/mol. The molecule has 48 valence electrons. The van der Waals surface area contributed by atoms with E-state index in [0.29, 0.717) is 0 Å². The molecule has 0 aliphatic heterocycles. The van der Waals surface area contributed by atoms with Gasteiger partial charge in [0.25, 0.3) is 5.88 Å². The minimum Gasteiger partial charge on any atom is -0.387 e. The molecule has 0 saturated carbocycles. The van der Waals surface area contributed by atoms with Crippen molar-refractivity contribution in [3.63, 3.8) is 0 Å². The SMILES string of the molecule is NO/C(N)=C(/F)ON. The number of nitrogens with two attached hydrogens (primary N) is 3. The van der Waals surface area contributed by atoms with E-state index in [-0.39, 0.29) is 0 Å². The summed E-state index contributed by atoms with van der Waals surface area (Å²) in [5, 5.41) is 0. The highest BCUT2D eigenvalue weighted by molar-refractivity contribution is 4.85. The summed E-state index contributed by atoms with van der Waals surface area (Å²) in [5.41, 5.74) is 4.68. The van der Waals surface area contributed by atoms with Gasteiger partial charge in [-0.2, -0.15) is 16.2 Å². The Kier molecular flexibility index (Phi) is 2.67. The molecule has 0 aromatic rings. The van der Waals surface area contributed by atoms with E-state index in [1.54, 1.807) is 0 Å². The zero-order valence-electron chi connectivity index (χ0n) is 3.93. The fourth-order valence-corrected chi connectivity index (χ4v) is 0.104. The van der Waals surface area contributed by atoms with Crippen LogP contribution in [0.15, 0.2) is 11.9 Å². The van der Waals surface area contributed by atoms with Gasteiger partial charge in [-0.25, -0.2) is 0 Å². The van der Waals surface area contributed by atoms with Gasteiger partial charge in [-0.3, -0.25) is 0 Å². The van der Waals surface area contributed by atoms with Crippen molar-refractivity contribution >= 4 is 0 Å². The second kappa shape index (κ2) is 3.05. The van der Waals surface area contributed by atoms with Gasteiger partial charge >= 0.3 is 6.01 Å². The van der Waals surface area contributed by atoms with Crippen molar-refractivity contribution in [1.29, 1.82) is 0 Å². The van der Waals surface area contributed by atoms with E-state index < -0.39 is 11.9 Å². The summed E-state index contributed by atoms with van der Waals surface area (Å²) in [6.45, 7) is 0. The van der Waals surface area contributed by atoms with Crippen LogP contribution in [-0.2, 0) is 9.68 Å². The first-order valence-electron chi connectivity index (χ1n) is 1.61. The summed E-state index contributed by atoms with van der Waals surface area (Å²) in [6.07, 6.45) is 0. The Bertz CT molecular complexity index is 91.5. The zero-order chi connectivity index (χ0) is 6.57. The standard InChI is InChI=1S/C2H6FN3O2/c3-1(7-5)2(4)8-6/h4-6H2/b2-1-. The van der Waals surface area contributed by atoms with Crippen LogP contribution in [0.4, 0.5) is 4.39 Å². The first-order valence-corrected chi connectivity index (χ1v) is 1.61. The van der Waals surface area contributed by atoms with E-state index in [0.717, 1.165) is 0 Å². The Morgan fingerprint density at radius 1 is 1.25 bits per heavy atom. The van der Waals surface area contributed by atoms with Gasteiger partial charge in [-0.15, -0.1) is 0 Å². The highest BCUT2D eigenvalue weighted by Gasteiger charge is 2.00. The molecule has 0 radical (unpaired) electrons. The third-order valence-electron chi connectivity index (χ3n) is 0.424. The third kappa shape index (κ3) is 1.63. The maximum atomic E-state index is 11.7. The summed E-state index contributed by atoms with van der Waals surface area (Å²) in [7, 11) is 0. The predicted octanol–water partition coefficient (Wildman–Crippen LogP) is -1.18. The van der Waals surface area contributed by atoms with E-state index in [9.17, 15) is 4.39 Å². The second-order valence-electron chi connectivity index (χ2n) is 0.874. The molecule has 0 aliphatic carbocycles. The van der Waals surface area contributed by atoms with Crippen molar-refractivity contribution in [3.05, 3.63) is 11.9 Å². The average Bonchev–Trinajstić information content (AvgIpc) is 1.84. The molecular weight excluding hydrogens is 117 g/mol. The molecule has 0 bridgehead atoms. The Morgan fingerprint density at radius 3 is 1.88 bits per heavy atom. The quantitative estimate of drug-likeness (QED) is 0.317. The van der Waals surface area contributed by atoms with E-state index in [2.05, 4.69) is 27.2 Å². The fraction of sp³-hybridized carbons (Fsp3) is 0. The largest absolute Gasteiger partial charge is 0.387 e. The van der Waals surface area contributed by atoms with Crippen LogP contribution < -0.4 is 17.5 Å². The van der Waals surface area contributed by atoms with E-state index in [4.69, 9.17) is 0 Å². The van der Waals surface area contributed by atoms with Crippen LogP contribution in [0.1, 0.15) is 0 Å². The Hall–Kier alpha value is -1.01. The lowest BCUT2D eigenvalue weighted by molar-refractivity contribution is 0.103. The van der Waals surface area contributed by atoms with Crippen molar-refractivity contribution in [2.75, 3.05) is 0 Å².